The van der Waals surface area contributed by atoms with Crippen molar-refractivity contribution in [2.75, 3.05) is 20.6 Å². The summed E-state index contributed by atoms with van der Waals surface area (Å²) in [5, 5.41) is 0. The van der Waals surface area contributed by atoms with E-state index in [4.69, 9.17) is 0 Å². The van der Waals surface area contributed by atoms with Gasteiger partial charge in [0.25, 0.3) is 0 Å². The maximum Gasteiger partial charge on any atom is 0.236 e. The first-order chi connectivity index (χ1) is 11.0. The fourth-order valence-electron chi connectivity index (χ4n) is 2.32. The van der Waals surface area contributed by atoms with Crippen LogP contribution >= 0.6 is 0 Å². The molecule has 2 aromatic carbocycles. The highest BCUT2D eigenvalue weighted by Gasteiger charge is 2.14. The Balaban J connectivity index is 1.89. The van der Waals surface area contributed by atoms with E-state index in [9.17, 15) is 13.6 Å². The standard InChI is InChI=1S/C18H20F2N2O/c1-21(11-14-6-5-8-16(19)10-14)13-18(23)22(2)12-15-7-3-4-9-17(15)20/h3-10H,11-13H2,1-2H3. The first-order valence-electron chi connectivity index (χ1n) is 7.36. The normalized spacial score (nSPS) is 10.8. The monoisotopic (exact) mass is 318 g/mol. The minimum atomic E-state index is -0.319. The summed E-state index contributed by atoms with van der Waals surface area (Å²) in [6.07, 6.45) is 0. The number of nitrogens with zero attached hydrogens (tertiary/aromatic N) is 2. The van der Waals surface area contributed by atoms with Crippen molar-refractivity contribution in [3.8, 4) is 0 Å². The highest BCUT2D eigenvalue weighted by atomic mass is 19.1. The van der Waals surface area contributed by atoms with Crippen LogP contribution in [0.3, 0.4) is 0 Å². The Kier molecular flexibility index (Phi) is 5.82. The van der Waals surface area contributed by atoms with Gasteiger partial charge in [0.2, 0.25) is 5.91 Å². The summed E-state index contributed by atoms with van der Waals surface area (Å²) in [7, 11) is 3.44. The first kappa shape index (κ1) is 17.1. The highest BCUT2D eigenvalue weighted by molar-refractivity contribution is 5.77. The SMILES string of the molecule is CN(CC(=O)N(C)Cc1ccccc1F)Cc1cccc(F)c1. The molecule has 0 fully saturated rings. The lowest BCUT2D eigenvalue weighted by Crippen LogP contribution is -2.36. The van der Waals surface area contributed by atoms with E-state index in [1.54, 1.807) is 43.3 Å². The van der Waals surface area contributed by atoms with Crippen LogP contribution in [0, 0.1) is 11.6 Å². The number of halogens is 2. The van der Waals surface area contributed by atoms with Crippen molar-refractivity contribution in [3.05, 3.63) is 71.3 Å². The molecule has 2 aromatic rings. The number of carbonyl (C=O) groups excluding carboxylic acids is 1. The minimum Gasteiger partial charge on any atom is -0.340 e. The lowest BCUT2D eigenvalue weighted by Gasteiger charge is -2.22. The smallest absolute Gasteiger partial charge is 0.236 e. The minimum absolute atomic E-state index is 0.118. The third kappa shape index (κ3) is 5.14. The average molecular weight is 318 g/mol. The van der Waals surface area contributed by atoms with Gasteiger partial charge in [-0.15, -0.1) is 0 Å². The Morgan fingerprint density at radius 1 is 1.00 bits per heavy atom. The van der Waals surface area contributed by atoms with E-state index in [1.807, 2.05) is 6.07 Å². The summed E-state index contributed by atoms with van der Waals surface area (Å²) in [5.41, 5.74) is 1.29. The molecule has 0 saturated carbocycles. The molecule has 23 heavy (non-hydrogen) atoms. The van der Waals surface area contributed by atoms with E-state index in [0.29, 0.717) is 12.1 Å². The van der Waals surface area contributed by atoms with Crippen LogP contribution in [0.4, 0.5) is 8.78 Å². The predicted molar refractivity (Wildman–Crippen MR) is 85.6 cm³/mol. The van der Waals surface area contributed by atoms with Crippen LogP contribution in [0.1, 0.15) is 11.1 Å². The molecular formula is C18H20F2N2O. The predicted octanol–water partition coefficient (Wildman–Crippen LogP) is 3.06. The second kappa shape index (κ2) is 7.83. The highest BCUT2D eigenvalue weighted by Crippen LogP contribution is 2.10. The summed E-state index contributed by atoms with van der Waals surface area (Å²) in [4.78, 5) is 15.5. The molecule has 0 saturated heterocycles. The zero-order valence-corrected chi connectivity index (χ0v) is 13.3. The van der Waals surface area contributed by atoms with E-state index in [0.717, 1.165) is 5.56 Å². The maximum atomic E-state index is 13.6. The van der Waals surface area contributed by atoms with Gasteiger partial charge in [0, 0.05) is 25.7 Å². The molecule has 0 aromatic heterocycles. The van der Waals surface area contributed by atoms with Crippen molar-refractivity contribution < 1.29 is 13.6 Å². The molecule has 0 aliphatic carbocycles. The van der Waals surface area contributed by atoms with Crippen LogP contribution in [0.25, 0.3) is 0 Å². The van der Waals surface area contributed by atoms with Gasteiger partial charge in [0.1, 0.15) is 11.6 Å². The summed E-state index contributed by atoms with van der Waals surface area (Å²) in [6.45, 7) is 0.873. The number of rotatable bonds is 6. The molecular weight excluding hydrogens is 298 g/mol. The Morgan fingerprint density at radius 2 is 1.74 bits per heavy atom. The zero-order valence-electron chi connectivity index (χ0n) is 13.3. The fraction of sp³-hybridized carbons (Fsp3) is 0.278. The van der Waals surface area contributed by atoms with Gasteiger partial charge in [0.15, 0.2) is 0 Å². The van der Waals surface area contributed by atoms with Crippen LogP contribution in [0.2, 0.25) is 0 Å². The van der Waals surface area contributed by atoms with E-state index in [2.05, 4.69) is 0 Å². The fourth-order valence-corrected chi connectivity index (χ4v) is 2.32. The van der Waals surface area contributed by atoms with E-state index in [-0.39, 0.29) is 30.6 Å². The second-order valence-electron chi connectivity index (χ2n) is 5.64. The van der Waals surface area contributed by atoms with Crippen LogP contribution in [-0.2, 0) is 17.9 Å². The molecule has 0 aliphatic heterocycles. The third-order valence-electron chi connectivity index (χ3n) is 3.54. The van der Waals surface area contributed by atoms with E-state index in [1.165, 1.54) is 23.1 Å². The topological polar surface area (TPSA) is 23.6 Å². The van der Waals surface area contributed by atoms with Gasteiger partial charge in [0.05, 0.1) is 6.54 Å². The maximum absolute atomic E-state index is 13.6. The number of hydrogen-bond acceptors (Lipinski definition) is 2. The van der Waals surface area contributed by atoms with Gasteiger partial charge in [-0.25, -0.2) is 8.78 Å². The lowest BCUT2D eigenvalue weighted by atomic mass is 10.2. The molecule has 0 N–H and O–H groups in total. The number of carbonyl (C=O) groups is 1. The van der Waals surface area contributed by atoms with Crippen LogP contribution in [0.5, 0.6) is 0 Å². The summed E-state index contributed by atoms with van der Waals surface area (Å²) >= 11 is 0. The van der Waals surface area contributed by atoms with Crippen LogP contribution in [-0.4, -0.2) is 36.3 Å². The van der Waals surface area contributed by atoms with Gasteiger partial charge in [-0.1, -0.05) is 30.3 Å². The molecule has 0 spiro atoms. The van der Waals surface area contributed by atoms with E-state index >= 15 is 0 Å². The van der Waals surface area contributed by atoms with Crippen molar-refractivity contribution in [1.29, 1.82) is 0 Å². The third-order valence-corrected chi connectivity index (χ3v) is 3.54. The zero-order chi connectivity index (χ0) is 16.8. The molecule has 0 bridgehead atoms. The van der Waals surface area contributed by atoms with Crippen LogP contribution < -0.4 is 0 Å². The van der Waals surface area contributed by atoms with Crippen molar-refractivity contribution in [2.45, 2.75) is 13.1 Å². The Hall–Kier alpha value is -2.27. The van der Waals surface area contributed by atoms with Crippen molar-refractivity contribution in [3.63, 3.8) is 0 Å². The summed E-state index contributed by atoms with van der Waals surface area (Å²) < 4.78 is 26.8. The molecule has 0 atom stereocenters. The second-order valence-corrected chi connectivity index (χ2v) is 5.64. The van der Waals surface area contributed by atoms with E-state index < -0.39 is 0 Å². The largest absolute Gasteiger partial charge is 0.340 e. The average Bonchev–Trinajstić information content (AvgIpc) is 2.49. The molecule has 0 aliphatic rings. The van der Waals surface area contributed by atoms with Crippen molar-refractivity contribution in [2.24, 2.45) is 0 Å². The Bertz CT molecular complexity index is 676. The van der Waals surface area contributed by atoms with Crippen molar-refractivity contribution >= 4 is 5.91 Å². The Morgan fingerprint density at radius 3 is 2.43 bits per heavy atom. The lowest BCUT2D eigenvalue weighted by molar-refractivity contribution is -0.131. The molecule has 5 heteroatoms. The van der Waals surface area contributed by atoms with Crippen molar-refractivity contribution in [1.82, 2.24) is 9.80 Å². The van der Waals surface area contributed by atoms with Gasteiger partial charge < -0.3 is 4.90 Å². The van der Waals surface area contributed by atoms with Crippen LogP contribution in [0.15, 0.2) is 48.5 Å². The molecule has 0 heterocycles. The number of benzene rings is 2. The molecule has 122 valence electrons. The summed E-state index contributed by atoms with van der Waals surface area (Å²) in [5.74, 6) is -0.730. The van der Waals surface area contributed by atoms with Gasteiger partial charge in [-0.2, -0.15) is 0 Å². The van der Waals surface area contributed by atoms with Gasteiger partial charge >= 0.3 is 0 Å². The molecule has 2 rings (SSSR count). The molecule has 3 nitrogen and oxygen atoms in total. The van der Waals surface area contributed by atoms with Gasteiger partial charge in [-0.3, -0.25) is 9.69 Å². The van der Waals surface area contributed by atoms with Gasteiger partial charge in [-0.05, 0) is 30.8 Å². The molecule has 0 radical (unpaired) electrons. The number of likely N-dealkylation sites (N-methyl/N-ethyl adjacent to an activating group) is 2. The first-order valence-corrected chi connectivity index (χ1v) is 7.36. The Labute approximate surface area is 135 Å². The summed E-state index contributed by atoms with van der Waals surface area (Å²) in [6, 6.07) is 12.7. The number of hydrogen-bond donors (Lipinski definition) is 0. The quantitative estimate of drug-likeness (QED) is 0.817. The number of amides is 1. The molecule has 0 unspecified atom stereocenters. The molecule has 1 amide bonds.